The number of nitrogens with zero attached hydrogens (tertiary/aromatic N) is 3. The number of ether oxygens (including phenoxy) is 1. The highest BCUT2D eigenvalue weighted by atomic mass is 16.5. The summed E-state index contributed by atoms with van der Waals surface area (Å²) in [6.45, 7) is 7.47. The van der Waals surface area contributed by atoms with Crippen molar-refractivity contribution in [2.24, 2.45) is 13.0 Å². The first-order valence-electron chi connectivity index (χ1n) is 10.3. The minimum atomic E-state index is -0.559. The number of rotatable bonds is 4. The van der Waals surface area contributed by atoms with E-state index in [1.165, 1.54) is 0 Å². The van der Waals surface area contributed by atoms with Gasteiger partial charge in [-0.25, -0.2) is 4.79 Å². The van der Waals surface area contributed by atoms with E-state index in [2.05, 4.69) is 15.7 Å². The van der Waals surface area contributed by atoms with Crippen molar-refractivity contribution >= 4 is 11.9 Å². The number of amides is 3. The Kier molecular flexibility index (Phi) is 6.27. The van der Waals surface area contributed by atoms with Crippen LogP contribution in [0.5, 0.6) is 0 Å². The highest BCUT2D eigenvalue weighted by molar-refractivity contribution is 5.79. The van der Waals surface area contributed by atoms with E-state index in [1.807, 2.05) is 38.9 Å². The summed E-state index contributed by atoms with van der Waals surface area (Å²) in [4.78, 5) is 27.0. The lowest BCUT2D eigenvalue weighted by atomic mass is 9.85. The fraction of sp³-hybridized carbons (Fsp3) is 0.750. The summed E-state index contributed by atoms with van der Waals surface area (Å²) in [6.07, 6.45) is 7.19. The summed E-state index contributed by atoms with van der Waals surface area (Å²) < 4.78 is 7.74. The molecule has 3 atom stereocenters. The van der Waals surface area contributed by atoms with E-state index in [0.717, 1.165) is 24.8 Å². The lowest BCUT2D eigenvalue weighted by Crippen LogP contribution is -2.55. The van der Waals surface area contributed by atoms with Crippen LogP contribution >= 0.6 is 0 Å². The fourth-order valence-corrected chi connectivity index (χ4v) is 4.14. The average molecular weight is 392 g/mol. The Morgan fingerprint density at radius 2 is 2.14 bits per heavy atom. The van der Waals surface area contributed by atoms with E-state index in [1.54, 1.807) is 10.9 Å². The molecule has 1 saturated carbocycles. The minimum absolute atomic E-state index is 0.0215. The Morgan fingerprint density at radius 3 is 2.82 bits per heavy atom. The lowest BCUT2D eigenvalue weighted by Gasteiger charge is -2.41. The van der Waals surface area contributed by atoms with Gasteiger partial charge in [0.25, 0.3) is 0 Å². The molecule has 1 aliphatic heterocycles. The van der Waals surface area contributed by atoms with Crippen LogP contribution in [0.4, 0.5) is 4.79 Å². The molecule has 3 rings (SSSR count). The van der Waals surface area contributed by atoms with Crippen LogP contribution < -0.4 is 10.6 Å². The Morgan fingerprint density at radius 1 is 1.36 bits per heavy atom. The van der Waals surface area contributed by atoms with E-state index in [-0.39, 0.29) is 29.9 Å². The Hall–Kier alpha value is -2.09. The predicted molar refractivity (Wildman–Crippen MR) is 106 cm³/mol. The summed E-state index contributed by atoms with van der Waals surface area (Å²) in [7, 11) is 1.87. The molecule has 1 aliphatic carbocycles. The zero-order valence-electron chi connectivity index (χ0n) is 17.4. The SMILES string of the molecule is CC(C)NC(=O)[C@@H]1CCC[C@@H](NC(=O)N2CCO[C@@](C)(c3cnn(C)c3)C2)C1. The monoisotopic (exact) mass is 391 g/mol. The van der Waals surface area contributed by atoms with Crippen LogP contribution in [0.25, 0.3) is 0 Å². The minimum Gasteiger partial charge on any atom is -0.367 e. The van der Waals surface area contributed by atoms with Gasteiger partial charge in [-0.1, -0.05) is 6.42 Å². The number of urea groups is 1. The van der Waals surface area contributed by atoms with E-state index >= 15 is 0 Å². The molecule has 1 aromatic heterocycles. The van der Waals surface area contributed by atoms with Gasteiger partial charge in [0.2, 0.25) is 5.91 Å². The molecule has 0 spiro atoms. The molecule has 1 saturated heterocycles. The first-order chi connectivity index (χ1) is 13.3. The third-order valence-electron chi connectivity index (χ3n) is 5.68. The molecule has 2 heterocycles. The van der Waals surface area contributed by atoms with E-state index < -0.39 is 5.60 Å². The Bertz CT molecular complexity index is 704. The van der Waals surface area contributed by atoms with Crippen LogP contribution in [0.2, 0.25) is 0 Å². The third-order valence-corrected chi connectivity index (χ3v) is 5.68. The molecule has 0 aromatic carbocycles. The van der Waals surface area contributed by atoms with E-state index in [0.29, 0.717) is 26.1 Å². The largest absolute Gasteiger partial charge is 0.367 e. The van der Waals surface area contributed by atoms with Gasteiger partial charge in [0.15, 0.2) is 0 Å². The third kappa shape index (κ3) is 4.84. The highest BCUT2D eigenvalue weighted by Crippen LogP contribution is 2.30. The molecular formula is C20H33N5O3. The van der Waals surface area contributed by atoms with Gasteiger partial charge < -0.3 is 20.3 Å². The number of carbonyl (C=O) groups excluding carboxylic acids is 2. The molecule has 8 heteroatoms. The van der Waals surface area contributed by atoms with Crippen LogP contribution in [-0.4, -0.2) is 58.4 Å². The molecule has 0 bridgehead atoms. The summed E-state index contributed by atoms with van der Waals surface area (Å²) in [5, 5.41) is 10.4. The van der Waals surface area contributed by atoms with Crippen molar-refractivity contribution in [2.45, 2.75) is 64.1 Å². The second kappa shape index (κ2) is 8.51. The van der Waals surface area contributed by atoms with Crippen molar-refractivity contribution in [3.8, 4) is 0 Å². The van der Waals surface area contributed by atoms with Gasteiger partial charge in [-0.05, 0) is 40.0 Å². The van der Waals surface area contributed by atoms with E-state index in [4.69, 9.17) is 4.74 Å². The molecule has 0 radical (unpaired) electrons. The van der Waals surface area contributed by atoms with Crippen molar-refractivity contribution in [2.75, 3.05) is 19.7 Å². The zero-order chi connectivity index (χ0) is 20.3. The quantitative estimate of drug-likeness (QED) is 0.819. The molecule has 28 heavy (non-hydrogen) atoms. The number of aromatic nitrogens is 2. The number of morpholine rings is 1. The van der Waals surface area contributed by atoms with Crippen molar-refractivity contribution < 1.29 is 14.3 Å². The Balaban J connectivity index is 1.57. The zero-order valence-corrected chi connectivity index (χ0v) is 17.4. The first kappa shape index (κ1) is 20.6. The van der Waals surface area contributed by atoms with Crippen LogP contribution in [0, 0.1) is 5.92 Å². The number of aryl methyl sites for hydroxylation is 1. The molecule has 156 valence electrons. The van der Waals surface area contributed by atoms with Crippen molar-refractivity contribution in [1.82, 2.24) is 25.3 Å². The summed E-state index contributed by atoms with van der Waals surface area (Å²) in [5.74, 6) is 0.0799. The van der Waals surface area contributed by atoms with Crippen molar-refractivity contribution in [3.05, 3.63) is 18.0 Å². The number of nitrogens with one attached hydrogen (secondary N) is 2. The maximum atomic E-state index is 12.9. The molecule has 8 nitrogen and oxygen atoms in total. The predicted octanol–water partition coefficient (Wildman–Crippen LogP) is 1.76. The van der Waals surface area contributed by atoms with Gasteiger partial charge in [-0.15, -0.1) is 0 Å². The maximum Gasteiger partial charge on any atom is 0.317 e. The average Bonchev–Trinajstić information content (AvgIpc) is 3.09. The maximum absolute atomic E-state index is 12.9. The summed E-state index contributed by atoms with van der Waals surface area (Å²) in [6, 6.07) is 0.103. The number of carbonyl (C=O) groups is 2. The Labute approximate surface area is 167 Å². The summed E-state index contributed by atoms with van der Waals surface area (Å²) >= 11 is 0. The van der Waals surface area contributed by atoms with Crippen molar-refractivity contribution in [1.29, 1.82) is 0 Å². The van der Waals surface area contributed by atoms with Crippen LogP contribution in [0.15, 0.2) is 12.4 Å². The van der Waals surface area contributed by atoms with Crippen LogP contribution in [0.3, 0.4) is 0 Å². The molecule has 1 aromatic rings. The molecule has 2 aliphatic rings. The normalized spacial score (nSPS) is 28.2. The van der Waals surface area contributed by atoms with E-state index in [9.17, 15) is 9.59 Å². The van der Waals surface area contributed by atoms with Crippen LogP contribution in [-0.2, 0) is 22.2 Å². The second-order valence-corrected chi connectivity index (χ2v) is 8.58. The highest BCUT2D eigenvalue weighted by Gasteiger charge is 2.37. The standard InChI is InChI=1S/C20H33N5O3/c1-14(2)22-18(26)15-6-5-7-17(10-15)23-19(27)25-8-9-28-20(3,13-25)16-11-21-24(4)12-16/h11-12,14-15,17H,5-10,13H2,1-4H3,(H,22,26)(H,23,27)/t15-,17-,20-/m1/s1. The van der Waals surface area contributed by atoms with Crippen molar-refractivity contribution in [3.63, 3.8) is 0 Å². The van der Waals surface area contributed by atoms with Gasteiger partial charge in [-0.2, -0.15) is 5.10 Å². The lowest BCUT2D eigenvalue weighted by molar-refractivity contribution is -0.126. The van der Waals surface area contributed by atoms with Gasteiger partial charge in [0.1, 0.15) is 5.60 Å². The molecule has 2 fully saturated rings. The molecule has 3 amide bonds. The van der Waals surface area contributed by atoms with Gasteiger partial charge in [0, 0.05) is 43.4 Å². The second-order valence-electron chi connectivity index (χ2n) is 8.58. The van der Waals surface area contributed by atoms with Crippen LogP contribution in [0.1, 0.15) is 52.0 Å². The molecule has 2 N–H and O–H groups in total. The van der Waals surface area contributed by atoms with Gasteiger partial charge in [0.05, 0.1) is 19.3 Å². The topological polar surface area (TPSA) is 88.5 Å². The summed E-state index contributed by atoms with van der Waals surface area (Å²) in [5.41, 5.74) is 0.409. The molecular weight excluding hydrogens is 358 g/mol. The fourth-order valence-electron chi connectivity index (χ4n) is 4.14. The number of hydrogen-bond donors (Lipinski definition) is 2. The number of hydrogen-bond acceptors (Lipinski definition) is 4. The van der Waals surface area contributed by atoms with Gasteiger partial charge >= 0.3 is 6.03 Å². The first-order valence-corrected chi connectivity index (χ1v) is 10.3. The molecule has 0 unspecified atom stereocenters. The van der Waals surface area contributed by atoms with Gasteiger partial charge in [-0.3, -0.25) is 9.48 Å². The smallest absolute Gasteiger partial charge is 0.317 e.